The first-order valence-electron chi connectivity index (χ1n) is 4.86. The molecule has 0 bridgehead atoms. The minimum absolute atomic E-state index is 0.0561. The van der Waals surface area contributed by atoms with E-state index in [-0.39, 0.29) is 12.5 Å². The first kappa shape index (κ1) is 11.5. The first-order valence-corrected chi connectivity index (χ1v) is 4.86. The number of carbonyl (C=O) groups is 1. The average molecular weight is 208 g/mol. The number of para-hydroxylation sites is 1. The molecule has 0 heterocycles. The molecule has 1 aromatic rings. The average Bonchev–Trinajstić information content (AvgIpc) is 2.27. The van der Waals surface area contributed by atoms with Gasteiger partial charge in [-0.25, -0.2) is 0 Å². The molecule has 0 spiro atoms. The predicted octanol–water partition coefficient (Wildman–Crippen LogP) is 0.483. The molecule has 0 radical (unpaired) electrons. The second-order valence-corrected chi connectivity index (χ2v) is 3.21. The Balaban J connectivity index is 2.34. The van der Waals surface area contributed by atoms with Gasteiger partial charge in [-0.2, -0.15) is 0 Å². The normalized spacial score (nSPS) is 9.73. The summed E-state index contributed by atoms with van der Waals surface area (Å²) in [6.07, 6.45) is 0. The molecule has 15 heavy (non-hydrogen) atoms. The van der Waals surface area contributed by atoms with Crippen LogP contribution >= 0.6 is 0 Å². The molecular weight excluding hydrogens is 192 g/mol. The fraction of sp³-hybridized carbons (Fsp3) is 0.364. The third-order valence-electron chi connectivity index (χ3n) is 2.00. The van der Waals surface area contributed by atoms with Crippen molar-refractivity contribution in [3.05, 3.63) is 30.3 Å². The smallest absolute Gasteiger partial charge is 0.260 e. The van der Waals surface area contributed by atoms with Crippen LogP contribution in [0.25, 0.3) is 0 Å². The van der Waals surface area contributed by atoms with E-state index < -0.39 is 0 Å². The summed E-state index contributed by atoms with van der Waals surface area (Å²) >= 11 is 0. The van der Waals surface area contributed by atoms with Crippen molar-refractivity contribution in [2.24, 2.45) is 5.73 Å². The summed E-state index contributed by atoms with van der Waals surface area (Å²) in [7, 11) is 1.71. The van der Waals surface area contributed by atoms with Crippen molar-refractivity contribution in [2.75, 3.05) is 26.7 Å². The van der Waals surface area contributed by atoms with Crippen LogP contribution in [0, 0.1) is 0 Å². The molecule has 0 atom stereocenters. The Morgan fingerprint density at radius 2 is 2.07 bits per heavy atom. The van der Waals surface area contributed by atoms with E-state index >= 15 is 0 Å². The van der Waals surface area contributed by atoms with Gasteiger partial charge in [0.15, 0.2) is 6.61 Å². The van der Waals surface area contributed by atoms with Crippen molar-refractivity contribution in [3.8, 4) is 5.75 Å². The summed E-state index contributed by atoms with van der Waals surface area (Å²) in [5.41, 5.74) is 5.34. The molecule has 4 nitrogen and oxygen atoms in total. The maximum atomic E-state index is 11.5. The van der Waals surface area contributed by atoms with Crippen LogP contribution in [0.1, 0.15) is 0 Å². The summed E-state index contributed by atoms with van der Waals surface area (Å²) in [5.74, 6) is 0.635. The number of benzene rings is 1. The molecule has 0 saturated carbocycles. The highest BCUT2D eigenvalue weighted by Crippen LogP contribution is 2.07. The Morgan fingerprint density at radius 1 is 1.40 bits per heavy atom. The van der Waals surface area contributed by atoms with Crippen LogP contribution in [-0.4, -0.2) is 37.6 Å². The number of amides is 1. The Morgan fingerprint density at radius 3 is 2.67 bits per heavy atom. The first-order chi connectivity index (χ1) is 7.24. The molecule has 0 aliphatic rings. The molecule has 82 valence electrons. The third kappa shape index (κ3) is 3.99. The van der Waals surface area contributed by atoms with Gasteiger partial charge in [-0.05, 0) is 12.1 Å². The van der Waals surface area contributed by atoms with Crippen LogP contribution < -0.4 is 10.5 Å². The third-order valence-corrected chi connectivity index (χ3v) is 2.00. The number of hydrogen-bond acceptors (Lipinski definition) is 3. The molecule has 0 aliphatic carbocycles. The number of rotatable bonds is 5. The molecule has 2 N–H and O–H groups in total. The highest BCUT2D eigenvalue weighted by Gasteiger charge is 2.07. The number of nitrogens with two attached hydrogens (primary N) is 1. The maximum Gasteiger partial charge on any atom is 0.260 e. The summed E-state index contributed by atoms with van der Waals surface area (Å²) in [5, 5.41) is 0. The Labute approximate surface area is 89.6 Å². The van der Waals surface area contributed by atoms with Crippen LogP contribution in [0.3, 0.4) is 0 Å². The number of likely N-dealkylation sites (N-methyl/N-ethyl adjacent to an activating group) is 1. The molecule has 1 amide bonds. The van der Waals surface area contributed by atoms with Gasteiger partial charge in [0.2, 0.25) is 0 Å². The number of ether oxygens (including phenoxy) is 1. The Kier molecular flexibility index (Phi) is 4.63. The quantitative estimate of drug-likeness (QED) is 0.765. The number of carbonyl (C=O) groups excluding carboxylic acids is 1. The fourth-order valence-corrected chi connectivity index (χ4v) is 1.09. The second kappa shape index (κ2) is 6.03. The summed E-state index contributed by atoms with van der Waals surface area (Å²) in [6.45, 7) is 1.07. The van der Waals surface area contributed by atoms with E-state index in [1.54, 1.807) is 11.9 Å². The van der Waals surface area contributed by atoms with E-state index in [1.165, 1.54) is 0 Å². The lowest BCUT2D eigenvalue weighted by atomic mass is 10.3. The molecule has 0 unspecified atom stereocenters. The molecular formula is C11H16N2O2. The van der Waals surface area contributed by atoms with Crippen molar-refractivity contribution >= 4 is 5.91 Å². The van der Waals surface area contributed by atoms with Gasteiger partial charge >= 0.3 is 0 Å². The number of hydrogen-bond donors (Lipinski definition) is 1. The topological polar surface area (TPSA) is 55.6 Å². The summed E-state index contributed by atoms with van der Waals surface area (Å²) < 4.78 is 5.30. The van der Waals surface area contributed by atoms with E-state index in [0.717, 1.165) is 0 Å². The monoisotopic (exact) mass is 208 g/mol. The molecule has 0 aromatic heterocycles. The molecule has 1 rings (SSSR count). The van der Waals surface area contributed by atoms with E-state index in [1.807, 2.05) is 30.3 Å². The molecule has 0 aliphatic heterocycles. The van der Waals surface area contributed by atoms with Gasteiger partial charge in [0.05, 0.1) is 0 Å². The number of nitrogens with zero attached hydrogens (tertiary/aromatic N) is 1. The van der Waals surface area contributed by atoms with Crippen molar-refractivity contribution in [1.82, 2.24) is 4.90 Å². The van der Waals surface area contributed by atoms with Crippen LogP contribution in [0.15, 0.2) is 30.3 Å². The van der Waals surface area contributed by atoms with Crippen molar-refractivity contribution in [3.63, 3.8) is 0 Å². The highest BCUT2D eigenvalue weighted by molar-refractivity contribution is 5.77. The van der Waals surface area contributed by atoms with Gasteiger partial charge in [-0.3, -0.25) is 4.79 Å². The van der Waals surface area contributed by atoms with Gasteiger partial charge in [0.25, 0.3) is 5.91 Å². The summed E-state index contributed by atoms with van der Waals surface area (Å²) in [6, 6.07) is 9.26. The second-order valence-electron chi connectivity index (χ2n) is 3.21. The van der Waals surface area contributed by atoms with Gasteiger partial charge in [0.1, 0.15) is 5.75 Å². The van der Waals surface area contributed by atoms with E-state index in [4.69, 9.17) is 10.5 Å². The molecule has 0 fully saturated rings. The van der Waals surface area contributed by atoms with Gasteiger partial charge in [0, 0.05) is 20.1 Å². The van der Waals surface area contributed by atoms with E-state index in [0.29, 0.717) is 18.8 Å². The van der Waals surface area contributed by atoms with Gasteiger partial charge in [-0.1, -0.05) is 18.2 Å². The molecule has 1 aromatic carbocycles. The Hall–Kier alpha value is -1.55. The minimum atomic E-state index is -0.0655. The fourth-order valence-electron chi connectivity index (χ4n) is 1.09. The zero-order valence-corrected chi connectivity index (χ0v) is 8.85. The largest absolute Gasteiger partial charge is 0.484 e. The van der Waals surface area contributed by atoms with Crippen molar-refractivity contribution in [1.29, 1.82) is 0 Å². The van der Waals surface area contributed by atoms with Gasteiger partial charge in [-0.15, -0.1) is 0 Å². The van der Waals surface area contributed by atoms with Crippen molar-refractivity contribution < 1.29 is 9.53 Å². The van der Waals surface area contributed by atoms with Crippen molar-refractivity contribution in [2.45, 2.75) is 0 Å². The predicted molar refractivity (Wildman–Crippen MR) is 58.6 cm³/mol. The maximum absolute atomic E-state index is 11.5. The van der Waals surface area contributed by atoms with Crippen LogP contribution in [0.2, 0.25) is 0 Å². The highest BCUT2D eigenvalue weighted by atomic mass is 16.5. The lowest BCUT2D eigenvalue weighted by Gasteiger charge is -2.16. The Bertz CT molecular complexity index is 301. The van der Waals surface area contributed by atoms with E-state index in [9.17, 15) is 4.79 Å². The minimum Gasteiger partial charge on any atom is -0.484 e. The lowest BCUT2D eigenvalue weighted by molar-refractivity contribution is -0.131. The summed E-state index contributed by atoms with van der Waals surface area (Å²) in [4.78, 5) is 13.0. The zero-order valence-electron chi connectivity index (χ0n) is 8.85. The molecule has 0 saturated heterocycles. The molecule has 4 heteroatoms. The standard InChI is InChI=1S/C11H16N2O2/c1-13(8-7-12)11(14)9-15-10-5-3-2-4-6-10/h2-6H,7-9,12H2,1H3. The van der Waals surface area contributed by atoms with Crippen LogP contribution in [0.4, 0.5) is 0 Å². The SMILES string of the molecule is CN(CCN)C(=O)COc1ccccc1. The van der Waals surface area contributed by atoms with E-state index in [2.05, 4.69) is 0 Å². The zero-order chi connectivity index (χ0) is 11.1. The lowest BCUT2D eigenvalue weighted by Crippen LogP contribution is -2.35. The van der Waals surface area contributed by atoms with Crippen LogP contribution in [-0.2, 0) is 4.79 Å². The van der Waals surface area contributed by atoms with Crippen LogP contribution in [0.5, 0.6) is 5.75 Å². The van der Waals surface area contributed by atoms with Gasteiger partial charge < -0.3 is 15.4 Å².